The predicted molar refractivity (Wildman–Crippen MR) is 375 cm³/mol. The topological polar surface area (TPSA) is 372 Å². The first kappa shape index (κ1) is 89.4. The number of H-pyrrole nitrogens is 4. The number of rotatable bonds is 41. The van der Waals surface area contributed by atoms with Crippen LogP contribution in [0.2, 0.25) is 0 Å². The predicted octanol–water partition coefficient (Wildman–Crippen LogP) is 2.47. The van der Waals surface area contributed by atoms with E-state index in [1.807, 2.05) is 50.6 Å². The number of allylic oxidation sites excluding steroid dienone is 2. The van der Waals surface area contributed by atoms with Crippen molar-refractivity contribution in [3.8, 4) is 0 Å². The molecule has 0 radical (unpaired) electrons. The van der Waals surface area contributed by atoms with Gasteiger partial charge in [-0.1, -0.05) is 15.9 Å². The molecule has 10 heterocycles. The molecule has 0 saturated carbocycles. The van der Waals surface area contributed by atoms with E-state index >= 15 is 0 Å². The van der Waals surface area contributed by atoms with Crippen molar-refractivity contribution in [2.45, 2.75) is 44.6 Å². The number of nitrogens with zero attached hydrogens (tertiary/aromatic N) is 14. The molecular weight excluding hydrogens is 1390 g/mol. The zero-order valence-corrected chi connectivity index (χ0v) is 62.3. The zero-order valence-electron chi connectivity index (χ0n) is 60.7. The van der Waals surface area contributed by atoms with Gasteiger partial charge in [0.1, 0.15) is 41.6 Å². The van der Waals surface area contributed by atoms with E-state index < -0.39 is 12.6 Å². The van der Waals surface area contributed by atoms with Crippen molar-refractivity contribution in [3.63, 3.8) is 0 Å². The van der Waals surface area contributed by atoms with Gasteiger partial charge in [0.25, 0.3) is 0 Å². The Balaban J connectivity index is 0. The number of hydrogen-bond acceptors (Lipinski definition) is 24. The van der Waals surface area contributed by atoms with E-state index in [1.165, 1.54) is 0 Å². The Hall–Kier alpha value is -7.65. The number of hydrogen-bond donors (Lipinski definition) is 6. The van der Waals surface area contributed by atoms with Gasteiger partial charge in [-0.3, -0.25) is 14.0 Å². The SMILES string of the molecule is COCCOCCBr.COCCOCCn1ccnc1.COCCOCCn1ccnc1.COCCOCCn1ccnc1C=O.COCCOCCn1ccnc1C=O.OCCCOCCn1ccnc1C(c1ncc[nH]1)(c1ncc[nH]1)c1ncc[nH]1.[2H]CF.[C+]1=CC=CN1.[H-].[HH].[Na+].c1c[nH]cn1. The third-order valence-corrected chi connectivity index (χ3v) is 12.9. The molecule has 556 valence electrons. The van der Waals surface area contributed by atoms with Crippen LogP contribution in [0.15, 0.2) is 149 Å². The molecule has 33 nitrogen and oxygen atoms in total. The number of carbonyl (C=O) groups is 2. The monoisotopic (exact) mass is 1500 g/mol. The van der Waals surface area contributed by atoms with Gasteiger partial charge in [0, 0.05) is 200 Å². The normalized spacial score (nSPS) is 10.7. The fraction of sp³-hybridized carbons (Fsp3) is 0.492. The summed E-state index contributed by atoms with van der Waals surface area (Å²) < 4.78 is 80.8. The minimum Gasteiger partial charge on any atom is -1.00 e. The molecule has 0 atom stereocenters. The van der Waals surface area contributed by atoms with Crippen LogP contribution in [0.1, 0.15) is 55.2 Å². The Labute approximate surface area is 624 Å². The number of aromatic nitrogens is 18. The van der Waals surface area contributed by atoms with Crippen molar-refractivity contribution >= 4 is 28.5 Å². The summed E-state index contributed by atoms with van der Waals surface area (Å²) in [6.07, 6.45) is 47.1. The number of aliphatic hydroxyl groups is 1. The molecule has 0 saturated heterocycles. The number of alkyl halides is 2. The van der Waals surface area contributed by atoms with Gasteiger partial charge in [0.2, 0.25) is 5.41 Å². The minimum atomic E-state index is -1.00. The first-order valence-corrected chi connectivity index (χ1v) is 32.7. The van der Waals surface area contributed by atoms with Gasteiger partial charge in [-0.15, -0.1) is 0 Å². The first-order chi connectivity index (χ1) is 49.8. The van der Waals surface area contributed by atoms with Crippen molar-refractivity contribution in [3.05, 3.63) is 190 Å². The van der Waals surface area contributed by atoms with Crippen LogP contribution in [-0.2, 0) is 90.2 Å². The molecule has 0 aliphatic carbocycles. The molecule has 1 aliphatic rings. The maximum Gasteiger partial charge on any atom is 1.00 e. The van der Waals surface area contributed by atoms with Crippen LogP contribution < -0.4 is 34.9 Å². The summed E-state index contributed by atoms with van der Waals surface area (Å²) in [6, 6.07) is 0. The van der Waals surface area contributed by atoms with Crippen molar-refractivity contribution in [1.82, 2.24) is 92.9 Å². The van der Waals surface area contributed by atoms with Gasteiger partial charge in [-0.05, 0) is 6.42 Å². The van der Waals surface area contributed by atoms with Crippen LogP contribution in [0.4, 0.5) is 4.39 Å². The number of aliphatic hydroxyl groups excluding tert-OH is 1. The summed E-state index contributed by atoms with van der Waals surface area (Å²) in [5.74, 6) is 3.50. The molecule has 9 aromatic rings. The zero-order chi connectivity index (χ0) is 73.0. The summed E-state index contributed by atoms with van der Waals surface area (Å²) in [5, 5.41) is 12.5. The third-order valence-electron chi connectivity index (χ3n) is 12.5. The molecule has 0 unspecified atom stereocenters. The fourth-order valence-corrected chi connectivity index (χ4v) is 8.04. The van der Waals surface area contributed by atoms with Crippen molar-refractivity contribution < 1.29 is 105 Å². The van der Waals surface area contributed by atoms with Crippen LogP contribution in [0.5, 0.6) is 0 Å². The number of methoxy groups -OCH3 is 5. The number of carbonyl (C=O) groups excluding carboxylic acids is 2. The summed E-state index contributed by atoms with van der Waals surface area (Å²) in [5.41, 5.74) is -0.967. The summed E-state index contributed by atoms with van der Waals surface area (Å²) in [7, 11) is 7.25. The van der Waals surface area contributed by atoms with E-state index in [0.29, 0.717) is 167 Å². The van der Waals surface area contributed by atoms with Gasteiger partial charge >= 0.3 is 29.6 Å². The van der Waals surface area contributed by atoms with Gasteiger partial charge in [0.05, 0.1) is 133 Å². The second kappa shape index (κ2) is 65.6. The molecule has 0 fully saturated rings. The number of aldehydes is 2. The van der Waals surface area contributed by atoms with Crippen molar-refractivity contribution in [2.75, 3.05) is 167 Å². The maximum absolute atomic E-state index is 10.5. The van der Waals surface area contributed by atoms with E-state index in [2.05, 4.69) is 92.2 Å². The van der Waals surface area contributed by atoms with E-state index in [1.54, 1.807) is 157 Å². The van der Waals surface area contributed by atoms with Crippen LogP contribution in [-0.4, -0.2) is 272 Å². The second-order valence-corrected chi connectivity index (χ2v) is 20.1. The van der Waals surface area contributed by atoms with Crippen LogP contribution >= 0.6 is 15.9 Å². The first-order valence-electron chi connectivity index (χ1n) is 32.2. The molecular formula is C65H103BrFN19NaO14+. The summed E-state index contributed by atoms with van der Waals surface area (Å²) in [6.45, 7) is 14.3. The van der Waals surface area contributed by atoms with Gasteiger partial charge < -0.3 is 101 Å². The number of halogens is 2. The van der Waals surface area contributed by atoms with Gasteiger partial charge in [0.15, 0.2) is 30.4 Å². The Kier molecular flexibility index (Phi) is 58.1. The van der Waals surface area contributed by atoms with E-state index in [0.717, 1.165) is 37.6 Å². The third kappa shape index (κ3) is 41.2. The number of nitrogens with one attached hydrogen (secondary N) is 5. The average Bonchev–Trinajstić information content (AvgIpc) is 1.55. The molecule has 101 heavy (non-hydrogen) atoms. The largest absolute Gasteiger partial charge is 1.00 e. The molecule has 36 heteroatoms. The average molecular weight is 1500 g/mol. The van der Waals surface area contributed by atoms with E-state index in [-0.39, 0.29) is 39.0 Å². The quantitative estimate of drug-likeness (QED) is 0.0105. The number of imidazole rings is 9. The van der Waals surface area contributed by atoms with Crippen LogP contribution in [0, 0.1) is 6.20 Å². The molecule has 0 aromatic carbocycles. The maximum atomic E-state index is 10.5. The van der Waals surface area contributed by atoms with E-state index in [4.69, 9.17) is 58.6 Å². The number of ether oxygens (including phenoxy) is 11. The Morgan fingerprint density at radius 2 is 0.950 bits per heavy atom. The molecule has 9 aromatic heterocycles. The fourth-order valence-electron chi connectivity index (χ4n) is 7.81. The Bertz CT molecular complexity index is 3000. The van der Waals surface area contributed by atoms with Crippen molar-refractivity contribution in [1.29, 1.82) is 0 Å². The molecule has 0 bridgehead atoms. The Morgan fingerprint density at radius 1 is 0.535 bits per heavy atom. The minimum absolute atomic E-state index is 0. The second-order valence-electron chi connectivity index (χ2n) is 19.3. The van der Waals surface area contributed by atoms with Gasteiger partial charge in [-0.25, -0.2) is 50.2 Å². The van der Waals surface area contributed by atoms with Crippen molar-refractivity contribution in [2.24, 2.45) is 0 Å². The molecule has 0 spiro atoms. The molecule has 1 aliphatic heterocycles. The van der Waals surface area contributed by atoms with Gasteiger partial charge in [-0.2, -0.15) is 0 Å². The summed E-state index contributed by atoms with van der Waals surface area (Å²) >= 11 is 3.24. The smallest absolute Gasteiger partial charge is 1.00 e. The van der Waals surface area contributed by atoms with Crippen LogP contribution in [0.3, 0.4) is 0 Å². The van der Waals surface area contributed by atoms with E-state index in [9.17, 15) is 14.0 Å². The number of aromatic amines is 4. The molecule has 0 amide bonds. The molecule has 10 rings (SSSR count). The summed E-state index contributed by atoms with van der Waals surface area (Å²) in [4.78, 5) is 70.8. The Morgan fingerprint density at radius 3 is 1.27 bits per heavy atom. The molecule has 6 N–H and O–H groups in total. The van der Waals surface area contributed by atoms with Crippen LogP contribution in [0.25, 0.3) is 0 Å². The standard InChI is InChI=1S/C18H22N8O2.2C9H14N2O3.2C8H14N2O2.C5H11BrO2.C4H4N.C3H4N2.CH3F.Na.H2.H/c27-11-1-12-28-13-10-26-9-8-25-17(26)18(14-19-2-3-20-14,15-21-4-5-22-15)16-23-6-7-24-16;2*1-13-6-7-14-5-4-11-3-2-10-9(11)8-12;2*1-11-6-7-12-5-4-10-3-2-9-8-10;1-7-4-5-8-3-2-6;1-2-4-5-3-1;1-2-5-3-4-1;1-2;;;/h2-9,27H,1,10-13H2,(H,19,20)(H,21,22)(H,23,24);2*2-3,8H,4-7H2,1H3;2*2-3,8H,4-7H2,1H3;2-5H2,1H3;1-3,5H;1-3H,(H,4,5);1H3;;1H;/q;;;;;;+1;;;+1;;-1/i;;;;;;;;1D;;;.